The molecule has 1 rings (SSSR count). The molecule has 0 fully saturated rings. The van der Waals surface area contributed by atoms with E-state index in [2.05, 4.69) is 58.9 Å². The van der Waals surface area contributed by atoms with E-state index in [4.69, 9.17) is 0 Å². The smallest absolute Gasteiger partial charge is 0.0216 e. The second-order valence-corrected chi connectivity index (χ2v) is 3.72. The maximum atomic E-state index is 2.22. The van der Waals surface area contributed by atoms with Crippen LogP contribution in [0.1, 0.15) is 51.2 Å². The lowest BCUT2D eigenvalue weighted by Gasteiger charge is -2.07. The van der Waals surface area contributed by atoms with Crippen molar-refractivity contribution >= 4 is 0 Å². The van der Waals surface area contributed by atoms with Crippen LogP contribution in [0.2, 0.25) is 0 Å². The van der Waals surface area contributed by atoms with Crippen molar-refractivity contribution in [3.63, 3.8) is 0 Å². The van der Waals surface area contributed by atoms with Crippen LogP contribution in [-0.4, -0.2) is 0 Å². The van der Waals surface area contributed by atoms with Crippen molar-refractivity contribution in [2.75, 3.05) is 0 Å². The highest BCUT2D eigenvalue weighted by Gasteiger charge is 1.99. The average Bonchev–Trinajstić information content (AvgIpc) is 2.06. The Morgan fingerprint density at radius 3 is 1.85 bits per heavy atom. The highest BCUT2D eigenvalue weighted by molar-refractivity contribution is 5.27. The Morgan fingerprint density at radius 2 is 1.54 bits per heavy atom. The Kier molecular flexibility index (Phi) is 6.30. The lowest BCUT2D eigenvalue weighted by atomic mass is 9.99. The van der Waals surface area contributed by atoms with E-state index in [1.165, 1.54) is 17.5 Å². The van der Waals surface area contributed by atoms with Crippen molar-refractivity contribution < 1.29 is 0 Å². The molecular formula is C13H22. The topological polar surface area (TPSA) is 0 Å². The number of hydrogen-bond acceptors (Lipinski definition) is 0. The summed E-state index contributed by atoms with van der Waals surface area (Å²) in [4.78, 5) is 0. The minimum Gasteiger partial charge on any atom is -0.0656 e. The Hall–Kier alpha value is -0.780. The van der Waals surface area contributed by atoms with Crippen molar-refractivity contribution in [3.05, 3.63) is 35.4 Å². The summed E-state index contributed by atoms with van der Waals surface area (Å²) in [6, 6.07) is 8.54. The molecule has 0 bridgehead atoms. The second kappa shape index (κ2) is 6.71. The van der Waals surface area contributed by atoms with Gasteiger partial charge in [-0.05, 0) is 24.0 Å². The third kappa shape index (κ3) is 4.72. The predicted molar refractivity (Wildman–Crippen MR) is 61.2 cm³/mol. The zero-order valence-corrected chi connectivity index (χ0v) is 9.59. The molecule has 0 saturated heterocycles. The standard InChI is InChI=1S/C10H14.C3H8/c1-8(2)10-7-5-4-6-9(10)3;1-3-2/h4-8H,1-3H3;3H2,1-2H3. The zero-order valence-electron chi connectivity index (χ0n) is 9.59. The molecule has 0 aliphatic rings. The quantitative estimate of drug-likeness (QED) is 0.592. The van der Waals surface area contributed by atoms with Crippen LogP contribution in [0.15, 0.2) is 24.3 Å². The van der Waals surface area contributed by atoms with Crippen LogP contribution in [0.5, 0.6) is 0 Å². The third-order valence-electron chi connectivity index (χ3n) is 1.81. The summed E-state index contributed by atoms with van der Waals surface area (Å²) in [6.45, 7) is 10.9. The average molecular weight is 178 g/mol. The number of rotatable bonds is 1. The lowest BCUT2D eigenvalue weighted by Crippen LogP contribution is -1.89. The molecule has 0 aliphatic carbocycles. The molecule has 0 saturated carbocycles. The first-order valence-electron chi connectivity index (χ1n) is 5.18. The Bertz CT molecular complexity index is 223. The van der Waals surface area contributed by atoms with Crippen LogP contribution in [0.4, 0.5) is 0 Å². The number of aryl methyl sites for hydroxylation is 1. The predicted octanol–water partition coefficient (Wildman–Crippen LogP) is 4.53. The van der Waals surface area contributed by atoms with Crippen LogP contribution >= 0.6 is 0 Å². The Balaban J connectivity index is 0.000000424. The molecule has 0 nitrogen and oxygen atoms in total. The van der Waals surface area contributed by atoms with E-state index in [0.29, 0.717) is 5.92 Å². The van der Waals surface area contributed by atoms with Gasteiger partial charge in [0, 0.05) is 0 Å². The largest absolute Gasteiger partial charge is 0.0656 e. The fourth-order valence-electron chi connectivity index (χ4n) is 1.23. The van der Waals surface area contributed by atoms with E-state index in [1.807, 2.05) is 0 Å². The molecule has 0 amide bonds. The summed E-state index contributed by atoms with van der Waals surface area (Å²) in [5.41, 5.74) is 2.86. The molecule has 0 heterocycles. The molecule has 0 atom stereocenters. The molecular weight excluding hydrogens is 156 g/mol. The molecule has 0 heteroatoms. The van der Waals surface area contributed by atoms with Gasteiger partial charge >= 0.3 is 0 Å². The lowest BCUT2D eigenvalue weighted by molar-refractivity contribution is 0.856. The van der Waals surface area contributed by atoms with Gasteiger partial charge in [0.15, 0.2) is 0 Å². The second-order valence-electron chi connectivity index (χ2n) is 3.72. The van der Waals surface area contributed by atoms with Crippen LogP contribution in [0.25, 0.3) is 0 Å². The van der Waals surface area contributed by atoms with Crippen molar-refractivity contribution in [2.45, 2.75) is 47.0 Å². The first kappa shape index (κ1) is 12.2. The van der Waals surface area contributed by atoms with Gasteiger partial charge in [0.25, 0.3) is 0 Å². The van der Waals surface area contributed by atoms with E-state index >= 15 is 0 Å². The Morgan fingerprint density at radius 1 is 1.08 bits per heavy atom. The van der Waals surface area contributed by atoms with Gasteiger partial charge in [0.2, 0.25) is 0 Å². The molecule has 0 N–H and O–H groups in total. The fraction of sp³-hybridized carbons (Fsp3) is 0.538. The zero-order chi connectivity index (χ0) is 10.3. The van der Waals surface area contributed by atoms with Gasteiger partial charge in [-0.2, -0.15) is 0 Å². The van der Waals surface area contributed by atoms with Gasteiger partial charge in [-0.25, -0.2) is 0 Å². The summed E-state index contributed by atoms with van der Waals surface area (Å²) in [5.74, 6) is 0.654. The SMILES string of the molecule is CCC.Cc1ccccc1C(C)C. The molecule has 0 unspecified atom stereocenters. The van der Waals surface area contributed by atoms with Crippen LogP contribution in [0, 0.1) is 6.92 Å². The fourth-order valence-corrected chi connectivity index (χ4v) is 1.23. The summed E-state index contributed by atoms with van der Waals surface area (Å²) in [6.07, 6.45) is 1.25. The minimum absolute atomic E-state index is 0.654. The van der Waals surface area contributed by atoms with E-state index in [9.17, 15) is 0 Å². The molecule has 13 heavy (non-hydrogen) atoms. The van der Waals surface area contributed by atoms with Gasteiger partial charge in [0.1, 0.15) is 0 Å². The number of benzene rings is 1. The Labute approximate surface area is 83.0 Å². The highest BCUT2D eigenvalue weighted by atomic mass is 14.0. The van der Waals surface area contributed by atoms with E-state index in [0.717, 1.165) is 0 Å². The van der Waals surface area contributed by atoms with E-state index in [-0.39, 0.29) is 0 Å². The third-order valence-corrected chi connectivity index (χ3v) is 1.81. The summed E-state index contributed by atoms with van der Waals surface area (Å²) < 4.78 is 0. The van der Waals surface area contributed by atoms with Gasteiger partial charge in [-0.1, -0.05) is 58.4 Å². The van der Waals surface area contributed by atoms with Crippen molar-refractivity contribution in [3.8, 4) is 0 Å². The maximum absolute atomic E-state index is 2.22. The summed E-state index contributed by atoms with van der Waals surface area (Å²) in [7, 11) is 0. The van der Waals surface area contributed by atoms with Gasteiger partial charge in [-0.15, -0.1) is 0 Å². The van der Waals surface area contributed by atoms with Crippen LogP contribution in [-0.2, 0) is 0 Å². The van der Waals surface area contributed by atoms with Crippen molar-refractivity contribution in [2.24, 2.45) is 0 Å². The molecule has 1 aromatic carbocycles. The van der Waals surface area contributed by atoms with Gasteiger partial charge in [0.05, 0.1) is 0 Å². The minimum atomic E-state index is 0.654. The molecule has 0 aliphatic heterocycles. The molecule has 74 valence electrons. The van der Waals surface area contributed by atoms with E-state index < -0.39 is 0 Å². The monoisotopic (exact) mass is 178 g/mol. The van der Waals surface area contributed by atoms with Crippen molar-refractivity contribution in [1.29, 1.82) is 0 Å². The molecule has 0 aromatic heterocycles. The van der Waals surface area contributed by atoms with Crippen molar-refractivity contribution in [1.82, 2.24) is 0 Å². The van der Waals surface area contributed by atoms with E-state index in [1.54, 1.807) is 0 Å². The summed E-state index contributed by atoms with van der Waals surface area (Å²) >= 11 is 0. The first-order valence-corrected chi connectivity index (χ1v) is 5.18. The molecule has 0 radical (unpaired) electrons. The van der Waals surface area contributed by atoms with Crippen LogP contribution in [0.3, 0.4) is 0 Å². The first-order chi connectivity index (χ1) is 6.13. The van der Waals surface area contributed by atoms with Crippen LogP contribution < -0.4 is 0 Å². The molecule has 0 spiro atoms. The normalized spacial score (nSPS) is 9.38. The van der Waals surface area contributed by atoms with Gasteiger partial charge in [-0.3, -0.25) is 0 Å². The molecule has 1 aromatic rings. The maximum Gasteiger partial charge on any atom is -0.0216 e. The number of hydrogen-bond donors (Lipinski definition) is 0. The van der Waals surface area contributed by atoms with Gasteiger partial charge < -0.3 is 0 Å². The highest BCUT2D eigenvalue weighted by Crippen LogP contribution is 2.17. The summed E-state index contributed by atoms with van der Waals surface area (Å²) in [5, 5.41) is 0.